The number of nitrogens with one attached hydrogen (secondary N) is 1. The maximum absolute atomic E-state index is 12.0. The number of carbonyl (C=O) groups excluding carboxylic acids is 1. The van der Waals surface area contributed by atoms with Crippen LogP contribution in [0.25, 0.3) is 0 Å². The summed E-state index contributed by atoms with van der Waals surface area (Å²) in [6, 6.07) is 5.19. The van der Waals surface area contributed by atoms with Gasteiger partial charge in [0.1, 0.15) is 5.75 Å². The Bertz CT molecular complexity index is 446. The van der Waals surface area contributed by atoms with E-state index in [4.69, 9.17) is 10.5 Å². The number of amides is 1. The van der Waals surface area contributed by atoms with E-state index in [9.17, 15) is 4.79 Å². The summed E-state index contributed by atoms with van der Waals surface area (Å²) in [5.41, 5.74) is 6.97. The molecule has 4 heteroatoms. The van der Waals surface area contributed by atoms with Crippen molar-refractivity contribution in [1.82, 2.24) is 5.32 Å². The van der Waals surface area contributed by atoms with Crippen molar-refractivity contribution in [2.75, 3.05) is 18.9 Å². The largest absolute Gasteiger partial charge is 0.492 e. The van der Waals surface area contributed by atoms with Gasteiger partial charge in [-0.1, -0.05) is 33.1 Å². The Morgan fingerprint density at radius 1 is 1.33 bits per heavy atom. The molecule has 0 aromatic heterocycles. The van der Waals surface area contributed by atoms with Crippen molar-refractivity contribution in [2.45, 2.75) is 46.5 Å². The van der Waals surface area contributed by atoms with Gasteiger partial charge >= 0.3 is 0 Å². The van der Waals surface area contributed by atoms with Crippen molar-refractivity contribution in [3.05, 3.63) is 23.8 Å². The number of ether oxygens (including phenoxy) is 1. The monoisotopic (exact) mass is 292 g/mol. The Morgan fingerprint density at radius 3 is 2.71 bits per heavy atom. The van der Waals surface area contributed by atoms with E-state index >= 15 is 0 Å². The Labute approximate surface area is 128 Å². The second-order valence-electron chi connectivity index (χ2n) is 5.34. The predicted octanol–water partition coefficient (Wildman–Crippen LogP) is 3.61. The van der Waals surface area contributed by atoms with Gasteiger partial charge in [0.05, 0.1) is 12.2 Å². The number of carbonyl (C=O) groups is 1. The molecule has 4 nitrogen and oxygen atoms in total. The zero-order chi connectivity index (χ0) is 15.7. The molecular formula is C17H28N2O2. The summed E-state index contributed by atoms with van der Waals surface area (Å²) in [5, 5.41) is 2.80. The third-order valence-corrected chi connectivity index (χ3v) is 3.61. The highest BCUT2D eigenvalue weighted by atomic mass is 16.5. The molecule has 0 aliphatic rings. The van der Waals surface area contributed by atoms with Crippen LogP contribution in [0.15, 0.2) is 18.2 Å². The van der Waals surface area contributed by atoms with Crippen LogP contribution in [0.1, 0.15) is 56.8 Å². The van der Waals surface area contributed by atoms with Gasteiger partial charge in [0, 0.05) is 18.3 Å². The lowest BCUT2D eigenvalue weighted by atomic mass is 10.0. The molecule has 21 heavy (non-hydrogen) atoms. The molecule has 1 rings (SSSR count). The highest BCUT2D eigenvalue weighted by Gasteiger charge is 2.14. The Hall–Kier alpha value is -1.71. The second-order valence-corrected chi connectivity index (χ2v) is 5.34. The average Bonchev–Trinajstić information content (AvgIpc) is 2.47. The molecule has 0 radical (unpaired) electrons. The number of nitrogens with two attached hydrogens (primary N) is 1. The quantitative estimate of drug-likeness (QED) is 0.683. The van der Waals surface area contributed by atoms with Crippen LogP contribution in [0.4, 0.5) is 5.69 Å². The van der Waals surface area contributed by atoms with Crippen molar-refractivity contribution in [1.29, 1.82) is 0 Å². The molecule has 1 aromatic carbocycles. The summed E-state index contributed by atoms with van der Waals surface area (Å²) < 4.78 is 5.89. The summed E-state index contributed by atoms with van der Waals surface area (Å²) in [4.78, 5) is 12.0. The molecule has 0 bridgehead atoms. The maximum atomic E-state index is 12.0. The minimum atomic E-state index is -0.117. The van der Waals surface area contributed by atoms with Crippen molar-refractivity contribution in [2.24, 2.45) is 5.92 Å². The van der Waals surface area contributed by atoms with Crippen LogP contribution in [0.5, 0.6) is 5.75 Å². The number of anilines is 1. The third-order valence-electron chi connectivity index (χ3n) is 3.61. The van der Waals surface area contributed by atoms with E-state index < -0.39 is 0 Å². The summed E-state index contributed by atoms with van der Waals surface area (Å²) in [5.74, 6) is 0.985. The fraction of sp³-hybridized carbons (Fsp3) is 0.588. The third kappa shape index (κ3) is 5.66. The normalized spacial score (nSPS) is 12.0. The number of hydrogen-bond donors (Lipinski definition) is 2. The first-order chi connectivity index (χ1) is 10.1. The van der Waals surface area contributed by atoms with Crippen LogP contribution in [0.3, 0.4) is 0 Å². The summed E-state index contributed by atoms with van der Waals surface area (Å²) in [7, 11) is 0. The standard InChI is InChI=1S/C17H28N2O2/c1-4-7-8-13(5-2)12-21-16-11-14(18)9-10-15(16)17(20)19-6-3/h9-11,13H,4-8,12,18H2,1-3H3,(H,19,20). The lowest BCUT2D eigenvalue weighted by Gasteiger charge is -2.17. The van der Waals surface area contributed by atoms with E-state index in [1.54, 1.807) is 18.2 Å². The molecule has 0 saturated carbocycles. The van der Waals surface area contributed by atoms with E-state index in [1.165, 1.54) is 12.8 Å². The first-order valence-corrected chi connectivity index (χ1v) is 7.92. The number of unbranched alkanes of at least 4 members (excludes halogenated alkanes) is 1. The lowest BCUT2D eigenvalue weighted by Crippen LogP contribution is -2.24. The minimum absolute atomic E-state index is 0.117. The molecule has 3 N–H and O–H groups in total. The van der Waals surface area contributed by atoms with E-state index in [0.717, 1.165) is 12.8 Å². The van der Waals surface area contributed by atoms with Crippen LogP contribution in [0.2, 0.25) is 0 Å². The fourth-order valence-corrected chi connectivity index (χ4v) is 2.21. The van der Waals surface area contributed by atoms with Gasteiger partial charge in [0.2, 0.25) is 0 Å². The molecule has 0 aliphatic carbocycles. The molecule has 118 valence electrons. The van der Waals surface area contributed by atoms with Gasteiger partial charge in [-0.25, -0.2) is 0 Å². The molecule has 1 unspecified atom stereocenters. The van der Waals surface area contributed by atoms with E-state index in [-0.39, 0.29) is 5.91 Å². The van der Waals surface area contributed by atoms with Gasteiger partial charge < -0.3 is 15.8 Å². The van der Waals surface area contributed by atoms with Crippen LogP contribution in [-0.2, 0) is 0 Å². The predicted molar refractivity (Wildman–Crippen MR) is 87.7 cm³/mol. The zero-order valence-corrected chi connectivity index (χ0v) is 13.4. The van der Waals surface area contributed by atoms with Crippen LogP contribution in [0, 0.1) is 5.92 Å². The minimum Gasteiger partial charge on any atom is -0.492 e. The van der Waals surface area contributed by atoms with Gasteiger partial charge in [-0.2, -0.15) is 0 Å². The molecule has 0 fully saturated rings. The van der Waals surface area contributed by atoms with Gasteiger partial charge in [0.25, 0.3) is 5.91 Å². The molecule has 0 saturated heterocycles. The Kier molecular flexibility index (Phi) is 7.65. The van der Waals surface area contributed by atoms with Gasteiger partial charge in [-0.15, -0.1) is 0 Å². The highest BCUT2D eigenvalue weighted by molar-refractivity contribution is 5.97. The molecule has 1 aromatic rings. The second kappa shape index (κ2) is 9.27. The van der Waals surface area contributed by atoms with Gasteiger partial charge in [0.15, 0.2) is 0 Å². The number of hydrogen-bond acceptors (Lipinski definition) is 3. The van der Waals surface area contributed by atoms with Crippen LogP contribution < -0.4 is 15.8 Å². The average molecular weight is 292 g/mol. The molecular weight excluding hydrogens is 264 g/mol. The number of nitrogen functional groups attached to an aromatic ring is 1. The smallest absolute Gasteiger partial charge is 0.255 e. The van der Waals surface area contributed by atoms with Gasteiger partial charge in [-0.3, -0.25) is 4.79 Å². The molecule has 1 atom stereocenters. The number of rotatable bonds is 9. The summed E-state index contributed by atoms with van der Waals surface area (Å²) >= 11 is 0. The first kappa shape index (κ1) is 17.3. The van der Waals surface area contributed by atoms with Crippen LogP contribution >= 0.6 is 0 Å². The topological polar surface area (TPSA) is 64.3 Å². The Balaban J connectivity index is 2.76. The van der Waals surface area contributed by atoms with Crippen LogP contribution in [-0.4, -0.2) is 19.1 Å². The maximum Gasteiger partial charge on any atom is 0.255 e. The van der Waals surface area contributed by atoms with E-state index in [0.29, 0.717) is 36.1 Å². The van der Waals surface area contributed by atoms with Gasteiger partial charge in [-0.05, 0) is 31.4 Å². The van der Waals surface area contributed by atoms with Crippen molar-refractivity contribution in [3.63, 3.8) is 0 Å². The SMILES string of the molecule is CCCCC(CC)COc1cc(N)ccc1C(=O)NCC. The summed E-state index contributed by atoms with van der Waals surface area (Å²) in [6.07, 6.45) is 4.64. The Morgan fingerprint density at radius 2 is 2.10 bits per heavy atom. The summed E-state index contributed by atoms with van der Waals surface area (Å²) in [6.45, 7) is 7.49. The first-order valence-electron chi connectivity index (χ1n) is 7.92. The molecule has 0 aliphatic heterocycles. The van der Waals surface area contributed by atoms with Crippen molar-refractivity contribution in [3.8, 4) is 5.75 Å². The van der Waals surface area contributed by atoms with E-state index in [1.807, 2.05) is 6.92 Å². The lowest BCUT2D eigenvalue weighted by molar-refractivity contribution is 0.0950. The van der Waals surface area contributed by atoms with Crippen molar-refractivity contribution >= 4 is 11.6 Å². The molecule has 0 spiro atoms. The molecule has 0 heterocycles. The van der Waals surface area contributed by atoms with Crippen molar-refractivity contribution < 1.29 is 9.53 Å². The molecule has 1 amide bonds. The number of benzene rings is 1. The fourth-order valence-electron chi connectivity index (χ4n) is 2.21. The van der Waals surface area contributed by atoms with E-state index in [2.05, 4.69) is 19.2 Å². The highest BCUT2D eigenvalue weighted by Crippen LogP contribution is 2.24. The zero-order valence-electron chi connectivity index (χ0n) is 13.4.